The highest BCUT2D eigenvalue weighted by atomic mass is 16.5. The van der Waals surface area contributed by atoms with Gasteiger partial charge in [0.15, 0.2) is 5.65 Å². The van der Waals surface area contributed by atoms with Crippen LogP contribution >= 0.6 is 0 Å². The first-order valence-electron chi connectivity index (χ1n) is 13.6. The van der Waals surface area contributed by atoms with Crippen molar-refractivity contribution >= 4 is 16.9 Å². The highest BCUT2D eigenvalue weighted by molar-refractivity contribution is 5.91. The van der Waals surface area contributed by atoms with Gasteiger partial charge in [-0.1, -0.05) is 0 Å². The maximum Gasteiger partial charge on any atom is 0.156 e. The van der Waals surface area contributed by atoms with Crippen LogP contribution in [0.3, 0.4) is 0 Å². The molecule has 2 atom stereocenters. The molecule has 192 valence electrons. The van der Waals surface area contributed by atoms with Crippen molar-refractivity contribution < 1.29 is 4.74 Å². The molecule has 0 amide bonds. The van der Waals surface area contributed by atoms with Gasteiger partial charge in [-0.05, 0) is 82.9 Å². The maximum absolute atomic E-state index is 5.95. The summed E-state index contributed by atoms with van der Waals surface area (Å²) in [5.74, 6) is 0. The molecule has 0 saturated carbocycles. The molecular formula is C29H35N7O. The van der Waals surface area contributed by atoms with Gasteiger partial charge in [0.1, 0.15) is 5.52 Å². The normalized spacial score (nSPS) is 22.8. The predicted octanol–water partition coefficient (Wildman–Crippen LogP) is 4.74. The van der Waals surface area contributed by atoms with Gasteiger partial charge >= 0.3 is 0 Å². The minimum absolute atomic E-state index is 0.368. The third-order valence-electron chi connectivity index (χ3n) is 8.62. The number of morpholine rings is 1. The lowest BCUT2D eigenvalue weighted by molar-refractivity contribution is -0.0226. The maximum atomic E-state index is 5.95. The van der Waals surface area contributed by atoms with Crippen LogP contribution < -0.4 is 4.90 Å². The number of hydrogen-bond acceptors (Lipinski definition) is 6. The van der Waals surface area contributed by atoms with Crippen molar-refractivity contribution in [3.63, 3.8) is 0 Å². The molecule has 8 nitrogen and oxygen atoms in total. The number of nitrogens with one attached hydrogen (secondary N) is 1. The zero-order valence-corrected chi connectivity index (χ0v) is 21.9. The molecule has 4 aliphatic rings. The zero-order valence-electron chi connectivity index (χ0n) is 21.9. The number of ether oxygens (including phenoxy) is 1. The van der Waals surface area contributed by atoms with E-state index in [1.165, 1.54) is 29.7 Å². The van der Waals surface area contributed by atoms with Crippen LogP contribution in [0.4, 0.5) is 5.69 Å². The number of nitrogens with zero attached hydrogens (tertiary/aromatic N) is 6. The molecule has 4 aromatic rings. The fourth-order valence-corrected chi connectivity index (χ4v) is 6.57. The Bertz CT molecular complexity index is 1420. The number of anilines is 1. The van der Waals surface area contributed by atoms with Crippen LogP contribution in [0.5, 0.6) is 0 Å². The molecule has 2 unspecified atom stereocenters. The fraction of sp³-hybridized carbons (Fsp3) is 0.483. The van der Waals surface area contributed by atoms with Crippen LogP contribution in [-0.4, -0.2) is 75.1 Å². The van der Waals surface area contributed by atoms with Gasteiger partial charge in [0.2, 0.25) is 0 Å². The Morgan fingerprint density at radius 2 is 1.78 bits per heavy atom. The summed E-state index contributed by atoms with van der Waals surface area (Å²) in [6.07, 6.45) is 13.1. The van der Waals surface area contributed by atoms with E-state index >= 15 is 0 Å². The van der Waals surface area contributed by atoms with Crippen molar-refractivity contribution in [3.8, 4) is 22.4 Å². The second-order valence-corrected chi connectivity index (χ2v) is 11.2. The van der Waals surface area contributed by atoms with Crippen molar-refractivity contribution in [2.75, 3.05) is 38.2 Å². The highest BCUT2D eigenvalue weighted by Gasteiger charge is 2.35. The van der Waals surface area contributed by atoms with Crippen LogP contribution in [0.2, 0.25) is 0 Å². The molecule has 0 aliphatic carbocycles. The summed E-state index contributed by atoms with van der Waals surface area (Å²) < 4.78 is 8.09. The second kappa shape index (κ2) is 8.96. The number of rotatable bonds is 4. The van der Waals surface area contributed by atoms with Crippen molar-refractivity contribution in [2.24, 2.45) is 0 Å². The van der Waals surface area contributed by atoms with Gasteiger partial charge in [-0.25, -0.2) is 9.97 Å². The second-order valence-electron chi connectivity index (χ2n) is 11.2. The summed E-state index contributed by atoms with van der Waals surface area (Å²) in [4.78, 5) is 18.1. The number of aromatic amines is 1. The lowest BCUT2D eigenvalue weighted by atomic mass is 9.93. The first-order chi connectivity index (χ1) is 18.0. The summed E-state index contributed by atoms with van der Waals surface area (Å²) in [5.41, 5.74) is 9.79. The zero-order chi connectivity index (χ0) is 25.1. The number of aromatic nitrogens is 5. The summed E-state index contributed by atoms with van der Waals surface area (Å²) >= 11 is 0. The van der Waals surface area contributed by atoms with Gasteiger partial charge in [-0.3, -0.25) is 4.68 Å². The smallest absolute Gasteiger partial charge is 0.156 e. The molecule has 8 heteroatoms. The summed E-state index contributed by atoms with van der Waals surface area (Å²) in [6, 6.07) is 5.49. The number of H-pyrrole nitrogens is 1. The highest BCUT2D eigenvalue weighted by Crippen LogP contribution is 2.37. The van der Waals surface area contributed by atoms with E-state index in [0.717, 1.165) is 72.6 Å². The average molecular weight is 498 g/mol. The predicted molar refractivity (Wildman–Crippen MR) is 146 cm³/mol. The number of hydrogen-bond donors (Lipinski definition) is 1. The minimum Gasteiger partial charge on any atom is -0.374 e. The SMILES string of the molecule is Cc1cc(-c2cnc3[nH]cc(-c4cnn(C5CCN(C)CC5)c4)c3n2)cc(C)c1N1CC2CCC1CO2. The monoisotopic (exact) mass is 497 g/mol. The summed E-state index contributed by atoms with van der Waals surface area (Å²) in [5, 5.41) is 4.72. The molecule has 7 heterocycles. The summed E-state index contributed by atoms with van der Waals surface area (Å²) in [6.45, 7) is 8.52. The number of piperidine rings is 2. The number of likely N-dealkylation sites (tertiary alicyclic amines) is 1. The van der Waals surface area contributed by atoms with Gasteiger partial charge in [0.25, 0.3) is 0 Å². The number of aryl methyl sites for hydroxylation is 2. The van der Waals surface area contributed by atoms with Gasteiger partial charge in [-0.15, -0.1) is 0 Å². The van der Waals surface area contributed by atoms with Crippen molar-refractivity contribution in [2.45, 2.75) is 57.7 Å². The molecule has 1 aromatic carbocycles. The van der Waals surface area contributed by atoms with Crippen LogP contribution in [0, 0.1) is 13.8 Å². The fourth-order valence-electron chi connectivity index (χ4n) is 6.57. The van der Waals surface area contributed by atoms with E-state index in [0.29, 0.717) is 18.2 Å². The van der Waals surface area contributed by atoms with Crippen molar-refractivity contribution in [1.29, 1.82) is 0 Å². The van der Waals surface area contributed by atoms with Gasteiger partial charge in [-0.2, -0.15) is 5.10 Å². The van der Waals surface area contributed by atoms with Gasteiger partial charge in [0, 0.05) is 41.3 Å². The number of fused-ring (bicyclic) bond motifs is 4. The number of benzene rings is 1. The van der Waals surface area contributed by atoms with Crippen LogP contribution in [0.25, 0.3) is 33.5 Å². The van der Waals surface area contributed by atoms with E-state index < -0.39 is 0 Å². The molecule has 2 bridgehead atoms. The Morgan fingerprint density at radius 1 is 0.973 bits per heavy atom. The quantitative estimate of drug-likeness (QED) is 0.439. The van der Waals surface area contributed by atoms with E-state index in [-0.39, 0.29) is 0 Å². The Balaban J connectivity index is 1.20. The molecule has 0 radical (unpaired) electrons. The van der Waals surface area contributed by atoms with Gasteiger partial charge in [0.05, 0.1) is 42.9 Å². The first-order valence-corrected chi connectivity index (χ1v) is 13.6. The Kier molecular flexibility index (Phi) is 5.55. The Morgan fingerprint density at radius 3 is 2.49 bits per heavy atom. The molecule has 3 aromatic heterocycles. The van der Waals surface area contributed by atoms with E-state index in [1.807, 2.05) is 18.6 Å². The van der Waals surface area contributed by atoms with Crippen LogP contribution in [0.15, 0.2) is 36.9 Å². The lowest BCUT2D eigenvalue weighted by Gasteiger charge is -2.47. The molecule has 1 N–H and O–H groups in total. The van der Waals surface area contributed by atoms with Crippen LogP contribution in [0.1, 0.15) is 42.9 Å². The summed E-state index contributed by atoms with van der Waals surface area (Å²) in [7, 11) is 2.19. The molecule has 37 heavy (non-hydrogen) atoms. The van der Waals surface area contributed by atoms with Gasteiger partial charge < -0.3 is 19.5 Å². The first kappa shape index (κ1) is 22.9. The lowest BCUT2D eigenvalue weighted by Crippen LogP contribution is -2.55. The topological polar surface area (TPSA) is 75.1 Å². The van der Waals surface area contributed by atoms with Crippen molar-refractivity contribution in [1.82, 2.24) is 29.6 Å². The molecule has 8 rings (SSSR count). The molecule has 4 fully saturated rings. The Hall–Kier alpha value is -3.23. The van der Waals surface area contributed by atoms with Crippen LogP contribution in [-0.2, 0) is 4.74 Å². The minimum atomic E-state index is 0.368. The molecular weight excluding hydrogens is 462 g/mol. The van der Waals surface area contributed by atoms with E-state index in [2.05, 4.69) is 58.7 Å². The largest absolute Gasteiger partial charge is 0.374 e. The molecule has 4 aliphatic heterocycles. The van der Waals surface area contributed by atoms with E-state index in [4.69, 9.17) is 19.8 Å². The third kappa shape index (κ3) is 4.03. The third-order valence-corrected chi connectivity index (χ3v) is 8.62. The molecule has 0 spiro atoms. The standard InChI is InChI=1S/C29H35N7O/c1-18-10-20(11-19(2)28(18)35-16-24-5-4-23(35)17-37-24)26-14-31-29-27(33-26)25(13-30-29)21-12-32-36(15-21)22-6-8-34(3)9-7-22/h10-15,22-24H,4-9,16-17H2,1-3H3,(H,30,31). The average Bonchev–Trinajstić information content (AvgIpc) is 3.56. The van der Waals surface area contributed by atoms with E-state index in [1.54, 1.807) is 0 Å². The van der Waals surface area contributed by atoms with E-state index in [9.17, 15) is 0 Å². The molecule has 4 saturated heterocycles. The Labute approximate surface area is 217 Å². The van der Waals surface area contributed by atoms with Crippen molar-refractivity contribution in [3.05, 3.63) is 48.0 Å².